The molecule has 0 aromatic heterocycles. The number of hydrogen-bond acceptors (Lipinski definition) is 0. The van der Waals surface area contributed by atoms with Crippen molar-refractivity contribution in [1.29, 1.82) is 0 Å². The third kappa shape index (κ3) is 5.51. The molecular formula is C12H29PSi. The number of rotatable bonds is 9. The third-order valence-corrected chi connectivity index (χ3v) is 14.8. The second-order valence-corrected chi connectivity index (χ2v) is 13.9. The second kappa shape index (κ2) is 8.92. The predicted molar refractivity (Wildman–Crippen MR) is 74.5 cm³/mol. The predicted octanol–water partition coefficient (Wildman–Crippen LogP) is 5.25. The first-order valence-electron chi connectivity index (χ1n) is 6.49. The van der Waals surface area contributed by atoms with Crippen LogP contribution < -0.4 is 0 Å². The molecule has 86 valence electrons. The molecule has 0 spiro atoms. The van der Waals surface area contributed by atoms with Crippen LogP contribution in [0.1, 0.15) is 53.4 Å². The Bertz CT molecular complexity index is 121. The molecule has 2 heteroatoms. The zero-order valence-corrected chi connectivity index (χ0v) is 12.7. The summed E-state index contributed by atoms with van der Waals surface area (Å²) in [5.74, 6) is 0. The Balaban J connectivity index is 3.82. The summed E-state index contributed by atoms with van der Waals surface area (Å²) in [6.07, 6.45) is 7.30. The molecular weight excluding hydrogens is 203 g/mol. The van der Waals surface area contributed by atoms with Crippen LogP contribution >= 0.6 is 8.13 Å². The van der Waals surface area contributed by atoms with Gasteiger partial charge in [-0.3, -0.25) is 0 Å². The summed E-state index contributed by atoms with van der Waals surface area (Å²) < 4.78 is 0. The number of unbranched alkanes of at least 4 members (excludes halogenated alkanes) is 2. The Morgan fingerprint density at radius 2 is 1.50 bits per heavy atom. The van der Waals surface area contributed by atoms with Gasteiger partial charge in [0.1, 0.15) is 0 Å². The van der Waals surface area contributed by atoms with Gasteiger partial charge in [0.2, 0.25) is 0 Å². The van der Waals surface area contributed by atoms with Gasteiger partial charge in [-0.05, 0) is 12.6 Å². The van der Waals surface area contributed by atoms with E-state index in [1.165, 1.54) is 45.9 Å². The molecule has 0 radical (unpaired) electrons. The summed E-state index contributed by atoms with van der Waals surface area (Å²) in [5.41, 5.74) is 0. The van der Waals surface area contributed by atoms with E-state index in [1.807, 2.05) is 0 Å². The van der Waals surface area contributed by atoms with Crippen LogP contribution in [0.25, 0.3) is 0 Å². The molecule has 0 saturated carbocycles. The van der Waals surface area contributed by atoms with Gasteiger partial charge in [0.15, 0.2) is 0 Å². The van der Waals surface area contributed by atoms with E-state index < -0.39 is 7.74 Å². The SMILES string of the molecule is CCCCCP[Si](CC)(CC)CCC. The largest absolute Gasteiger partial charge is 0.133 e. The van der Waals surface area contributed by atoms with Gasteiger partial charge in [0.25, 0.3) is 0 Å². The first-order chi connectivity index (χ1) is 6.74. The Hall–Kier alpha value is 0.647. The molecule has 0 bridgehead atoms. The minimum Gasteiger partial charge on any atom is -0.133 e. The Morgan fingerprint density at radius 3 is 1.93 bits per heavy atom. The van der Waals surface area contributed by atoms with Crippen molar-refractivity contribution in [1.82, 2.24) is 0 Å². The molecule has 0 aromatic rings. The van der Waals surface area contributed by atoms with Crippen LogP contribution in [0.4, 0.5) is 0 Å². The smallest absolute Gasteiger partial charge is 0.0771 e. The molecule has 1 unspecified atom stereocenters. The lowest BCUT2D eigenvalue weighted by atomic mass is 10.3. The average Bonchev–Trinajstić information content (AvgIpc) is 2.23. The maximum Gasteiger partial charge on any atom is 0.0771 e. The molecule has 0 heterocycles. The lowest BCUT2D eigenvalue weighted by Gasteiger charge is -2.29. The van der Waals surface area contributed by atoms with E-state index >= 15 is 0 Å². The van der Waals surface area contributed by atoms with Gasteiger partial charge in [-0.1, -0.05) is 65.1 Å². The minimum absolute atomic E-state index is 0.766. The monoisotopic (exact) mass is 232 g/mol. The van der Waals surface area contributed by atoms with Crippen LogP contribution in [-0.4, -0.2) is 13.9 Å². The van der Waals surface area contributed by atoms with Gasteiger partial charge in [0, 0.05) is 0 Å². The highest BCUT2D eigenvalue weighted by Crippen LogP contribution is 2.39. The Kier molecular flexibility index (Phi) is 9.33. The van der Waals surface area contributed by atoms with Crippen LogP contribution in [0.15, 0.2) is 0 Å². The summed E-state index contributed by atoms with van der Waals surface area (Å²) >= 11 is 0. The van der Waals surface area contributed by atoms with Crippen molar-refractivity contribution in [3.8, 4) is 0 Å². The van der Waals surface area contributed by atoms with Crippen LogP contribution in [0.5, 0.6) is 0 Å². The maximum absolute atomic E-state index is 2.44. The summed E-state index contributed by atoms with van der Waals surface area (Å²) in [6, 6.07) is 4.65. The van der Waals surface area contributed by atoms with Crippen molar-refractivity contribution < 1.29 is 0 Å². The maximum atomic E-state index is 2.44. The lowest BCUT2D eigenvalue weighted by molar-refractivity contribution is 0.778. The fraction of sp³-hybridized carbons (Fsp3) is 1.00. The molecule has 0 saturated heterocycles. The van der Waals surface area contributed by atoms with Crippen LogP contribution in [0.2, 0.25) is 18.1 Å². The van der Waals surface area contributed by atoms with E-state index in [-0.39, 0.29) is 0 Å². The molecule has 0 aliphatic heterocycles. The zero-order valence-electron chi connectivity index (χ0n) is 10.7. The highest BCUT2D eigenvalue weighted by atomic mass is 31.3. The van der Waals surface area contributed by atoms with Gasteiger partial charge in [-0.25, -0.2) is 0 Å². The molecule has 0 rings (SSSR count). The van der Waals surface area contributed by atoms with Crippen molar-refractivity contribution in [2.24, 2.45) is 0 Å². The standard InChI is InChI=1S/C12H29PSi/c1-5-9-10-11-13-14(7-3,8-4)12-6-2/h13H,5-12H2,1-4H3. The highest BCUT2D eigenvalue weighted by Gasteiger charge is 2.26. The highest BCUT2D eigenvalue weighted by molar-refractivity contribution is 7.82. The molecule has 0 N–H and O–H groups in total. The molecule has 0 aliphatic rings. The van der Waals surface area contributed by atoms with Gasteiger partial charge in [0.05, 0.1) is 7.74 Å². The molecule has 14 heavy (non-hydrogen) atoms. The van der Waals surface area contributed by atoms with Crippen LogP contribution in [-0.2, 0) is 0 Å². The van der Waals surface area contributed by atoms with Gasteiger partial charge in [-0.2, -0.15) is 0 Å². The molecule has 0 nitrogen and oxygen atoms in total. The van der Waals surface area contributed by atoms with Gasteiger partial charge >= 0.3 is 0 Å². The fourth-order valence-corrected chi connectivity index (χ4v) is 10.8. The molecule has 0 aliphatic carbocycles. The average molecular weight is 232 g/mol. The summed E-state index contributed by atoms with van der Waals surface area (Å²) in [7, 11) is 0.584. The zero-order chi connectivity index (χ0) is 10.9. The normalized spacial score (nSPS) is 12.9. The molecule has 0 fully saturated rings. The van der Waals surface area contributed by atoms with Crippen molar-refractivity contribution >= 4 is 15.9 Å². The van der Waals surface area contributed by atoms with Crippen LogP contribution in [0.3, 0.4) is 0 Å². The van der Waals surface area contributed by atoms with Gasteiger partial charge < -0.3 is 0 Å². The molecule has 0 aromatic carbocycles. The topological polar surface area (TPSA) is 0 Å². The van der Waals surface area contributed by atoms with Crippen molar-refractivity contribution in [3.63, 3.8) is 0 Å². The first kappa shape index (κ1) is 14.6. The summed E-state index contributed by atoms with van der Waals surface area (Å²) in [6.45, 7) is 9.56. The van der Waals surface area contributed by atoms with Crippen LogP contribution in [0, 0.1) is 0 Å². The lowest BCUT2D eigenvalue weighted by Crippen LogP contribution is -2.26. The van der Waals surface area contributed by atoms with E-state index in [4.69, 9.17) is 0 Å². The minimum atomic E-state index is -0.766. The van der Waals surface area contributed by atoms with E-state index in [1.54, 1.807) is 12.2 Å². The van der Waals surface area contributed by atoms with Crippen molar-refractivity contribution in [2.75, 3.05) is 6.16 Å². The quantitative estimate of drug-likeness (QED) is 0.289. The second-order valence-electron chi connectivity index (χ2n) is 4.37. The molecule has 1 atom stereocenters. The molecule has 0 amide bonds. The van der Waals surface area contributed by atoms with Crippen molar-refractivity contribution in [2.45, 2.75) is 71.5 Å². The van der Waals surface area contributed by atoms with E-state index in [9.17, 15) is 0 Å². The Labute approximate surface area is 93.9 Å². The van der Waals surface area contributed by atoms with E-state index in [0.717, 1.165) is 0 Å². The first-order valence-corrected chi connectivity index (χ1v) is 11.3. The van der Waals surface area contributed by atoms with Gasteiger partial charge in [-0.15, -0.1) is 8.13 Å². The Morgan fingerprint density at radius 1 is 0.857 bits per heavy atom. The number of hydrogen-bond donors (Lipinski definition) is 0. The fourth-order valence-electron chi connectivity index (χ4n) is 2.15. The summed E-state index contributed by atoms with van der Waals surface area (Å²) in [5, 5.41) is 0. The third-order valence-electron chi connectivity index (χ3n) is 3.36. The van der Waals surface area contributed by atoms with Crippen molar-refractivity contribution in [3.05, 3.63) is 0 Å². The van der Waals surface area contributed by atoms with E-state index in [2.05, 4.69) is 27.7 Å². The summed E-state index contributed by atoms with van der Waals surface area (Å²) in [4.78, 5) is 0. The van der Waals surface area contributed by atoms with E-state index in [0.29, 0.717) is 0 Å².